The number of aromatic nitrogens is 3. The van der Waals surface area contributed by atoms with Crippen LogP contribution in [0.3, 0.4) is 0 Å². The number of allylic oxidation sites excluding steroid dienone is 6. The van der Waals surface area contributed by atoms with Crippen LogP contribution in [0.2, 0.25) is 0 Å². The van der Waals surface area contributed by atoms with Gasteiger partial charge in [0.2, 0.25) is 0 Å². The van der Waals surface area contributed by atoms with E-state index in [1.54, 1.807) is 6.92 Å². The number of aliphatic hydroxyl groups is 3. The van der Waals surface area contributed by atoms with E-state index in [1.165, 1.54) is 188 Å². The normalized spacial score (nSPS) is 14.1. The van der Waals surface area contributed by atoms with Crippen LogP contribution in [0, 0.1) is 113 Å². The number of pyridine rings is 3. The maximum atomic E-state index is 12.1. The van der Waals surface area contributed by atoms with E-state index in [-0.39, 0.29) is 125 Å². The molecule has 12 rings (SSSR count). The van der Waals surface area contributed by atoms with Crippen molar-refractivity contribution in [2.45, 2.75) is 318 Å². The van der Waals surface area contributed by atoms with E-state index < -0.39 is 0 Å². The van der Waals surface area contributed by atoms with Crippen LogP contribution in [0.4, 0.5) is 0 Å². The standard InChI is InChI=1S/C25H28N.C24H26N.C22H22N.C14H26O2.2C13H24O2.3Ir/c1-18-14-19(2)16-22(15-18)24-13-12-23-21(10-7-11-25(23)26-24)17-20-8-5-3-4-6-9-20;1-17-13-18(2)15-21(14-17)23-12-11-22-20(9-6-10-24(22)25-23)16-19-7-4-3-5-8-19;1-15-11-16(2)13-19(12-15)21-10-9-20-18(14-17-5-3-6-17)7-4-8-22(20)23-21;1-6-11(7-2)13(15)10(5)14(16)12(8-3)9-4;2*1-5-10(6-2)12(14)9-13(15)11(7-3)8-4;;;/h7,10-15,20H,3-6,8-9,17H2,1-2H3;6,9-14,19H,3-5,7-8,16H2,1-2H3;4,7-12,17H,3,5-6,14H2,1-2H3;11-12,15H,6-9H2,1-5H3;2*9-11,14H,5-8H2,1-4H3;;;/q3*-1;;;;;;. The number of aryl methyl sites for hydroxylation is 6. The number of hydrogen-bond donors (Lipinski definition) is 3. The summed E-state index contributed by atoms with van der Waals surface area (Å²) in [5.74, 6) is 4.30. The number of aliphatic hydroxyl groups excluding tert-OH is 3. The summed E-state index contributed by atoms with van der Waals surface area (Å²) in [4.78, 5) is 50.3. The number of fused-ring (bicyclic) bond motifs is 3. The summed E-state index contributed by atoms with van der Waals surface area (Å²) in [6.07, 6.45) is 36.5. The molecule has 0 atom stereocenters. The van der Waals surface area contributed by atoms with Crippen molar-refractivity contribution in [1.82, 2.24) is 15.0 Å². The summed E-state index contributed by atoms with van der Waals surface area (Å²) in [7, 11) is 0. The Labute approximate surface area is 784 Å². The molecule has 3 N–H and O–H groups in total. The van der Waals surface area contributed by atoms with Crippen LogP contribution in [-0.2, 0) is 94.0 Å². The molecule has 3 fully saturated rings. The molecule has 675 valence electrons. The molecule has 0 unspecified atom stereocenters. The second-order valence-corrected chi connectivity index (χ2v) is 35.0. The largest absolute Gasteiger partial charge is 0.512 e. The van der Waals surface area contributed by atoms with Gasteiger partial charge in [-0.25, -0.2) is 0 Å². The average Bonchev–Trinajstić information content (AvgIpc) is 1.24. The van der Waals surface area contributed by atoms with Gasteiger partial charge in [-0.3, -0.25) is 29.3 Å². The van der Waals surface area contributed by atoms with Crippen LogP contribution in [0.15, 0.2) is 162 Å². The van der Waals surface area contributed by atoms with Gasteiger partial charge in [-0.1, -0.05) is 287 Å². The number of carbonyl (C=O) groups excluding carboxylic acids is 3. The molecule has 9 aromatic rings. The molecule has 9 nitrogen and oxygen atoms in total. The second kappa shape index (κ2) is 57.0. The van der Waals surface area contributed by atoms with Gasteiger partial charge in [0, 0.05) is 130 Å². The molecule has 3 radical (unpaired) electrons. The predicted octanol–water partition coefficient (Wildman–Crippen LogP) is 30.9. The molecule has 0 amide bonds. The summed E-state index contributed by atoms with van der Waals surface area (Å²) in [6, 6.07) is 56.4. The number of ketones is 3. The van der Waals surface area contributed by atoms with Crippen LogP contribution < -0.4 is 0 Å². The number of nitrogens with zero attached hydrogens (tertiary/aromatic N) is 3. The maximum Gasteiger partial charge on any atom is 0.164 e. The first-order valence-electron chi connectivity index (χ1n) is 46.8. The SMILES string of the molecule is CCC(CC)C(=O)C(C)=C(O)C(CC)CC.CCC(CC)C(=O)C=C(O)C(CC)CC.CCC(CC)C(=O)C=C(O)C(CC)CC.Cc1[c-]c(-c2ccc3c(CC4CCC4)cccc3n2)cc(C)c1.Cc1[c-]c(-c2ccc3c(CC4CCCCC4)cccc3n2)cc(C)c1.Cc1[c-]c(-c2ccc3c(CC4CCCCCC4)cccc3n2)cc(C)c1.[Ir].[Ir].[Ir]. The van der Waals surface area contributed by atoms with Crippen molar-refractivity contribution in [3.63, 3.8) is 0 Å². The topological polar surface area (TPSA) is 151 Å². The summed E-state index contributed by atoms with van der Waals surface area (Å²) >= 11 is 0. The molecule has 12 heteroatoms. The van der Waals surface area contributed by atoms with E-state index >= 15 is 0 Å². The van der Waals surface area contributed by atoms with Crippen LogP contribution in [0.5, 0.6) is 0 Å². The van der Waals surface area contributed by atoms with Gasteiger partial charge in [0.1, 0.15) is 5.76 Å². The van der Waals surface area contributed by atoms with Crippen molar-refractivity contribution in [1.29, 1.82) is 0 Å². The van der Waals surface area contributed by atoms with Crippen molar-refractivity contribution in [2.24, 2.45) is 53.3 Å². The van der Waals surface area contributed by atoms with E-state index in [2.05, 4.69) is 187 Å². The first-order valence-corrected chi connectivity index (χ1v) is 46.8. The Morgan fingerprint density at radius 2 is 0.618 bits per heavy atom. The Balaban J connectivity index is 0.000000314. The number of carbonyl (C=O) groups is 3. The third-order valence-electron chi connectivity index (χ3n) is 25.8. The molecule has 0 aliphatic heterocycles. The van der Waals surface area contributed by atoms with Crippen molar-refractivity contribution in [3.8, 4) is 33.8 Å². The van der Waals surface area contributed by atoms with Crippen LogP contribution >= 0.6 is 0 Å². The molecule has 0 spiro atoms. The summed E-state index contributed by atoms with van der Waals surface area (Å²) < 4.78 is 0. The molecular weight excluding hydrogens is 2050 g/mol. The first-order chi connectivity index (χ1) is 57.8. The van der Waals surface area contributed by atoms with Gasteiger partial charge < -0.3 is 15.3 Å². The summed E-state index contributed by atoms with van der Waals surface area (Å²) in [5.41, 5.74) is 21.9. The van der Waals surface area contributed by atoms with Gasteiger partial charge in [-0.15, -0.1) is 105 Å². The smallest absolute Gasteiger partial charge is 0.164 e. The maximum absolute atomic E-state index is 12.1. The molecule has 3 aliphatic rings. The summed E-state index contributed by atoms with van der Waals surface area (Å²) in [5, 5.41) is 33.5. The van der Waals surface area contributed by atoms with Gasteiger partial charge in [0.05, 0.1) is 28.1 Å². The van der Waals surface area contributed by atoms with E-state index in [4.69, 9.17) is 15.0 Å². The molecule has 3 aromatic heterocycles. The zero-order valence-corrected chi connectivity index (χ0v) is 85.6. The van der Waals surface area contributed by atoms with Gasteiger partial charge in [0.25, 0.3) is 0 Å². The fourth-order valence-electron chi connectivity index (χ4n) is 18.0. The van der Waals surface area contributed by atoms with Gasteiger partial charge in [-0.05, 0) is 173 Å². The second-order valence-electron chi connectivity index (χ2n) is 35.0. The van der Waals surface area contributed by atoms with Crippen molar-refractivity contribution >= 4 is 50.1 Å². The Hall–Kier alpha value is -6.87. The quantitative estimate of drug-likeness (QED) is 0.0173. The van der Waals surface area contributed by atoms with Crippen LogP contribution in [-0.4, -0.2) is 47.6 Å². The van der Waals surface area contributed by atoms with Crippen molar-refractivity contribution in [2.75, 3.05) is 0 Å². The van der Waals surface area contributed by atoms with Crippen LogP contribution in [0.25, 0.3) is 66.5 Å². The van der Waals surface area contributed by atoms with Gasteiger partial charge >= 0.3 is 0 Å². The molecule has 3 aliphatic carbocycles. The first kappa shape index (κ1) is 108. The Morgan fingerprint density at radius 1 is 0.350 bits per heavy atom. The Morgan fingerprint density at radius 3 is 0.870 bits per heavy atom. The van der Waals surface area contributed by atoms with E-state index in [0.29, 0.717) is 11.3 Å². The molecule has 0 saturated heterocycles. The minimum absolute atomic E-state index is 0. The molecule has 0 bridgehead atoms. The zero-order valence-electron chi connectivity index (χ0n) is 78.4. The molecule has 123 heavy (non-hydrogen) atoms. The Kier molecular flexibility index (Phi) is 50.3. The average molecular weight is 2200 g/mol. The van der Waals surface area contributed by atoms with E-state index in [1.807, 2.05) is 83.1 Å². The van der Waals surface area contributed by atoms with Crippen molar-refractivity contribution in [3.05, 3.63) is 231 Å². The van der Waals surface area contributed by atoms with Gasteiger partial charge in [0.15, 0.2) is 17.3 Å². The fraction of sp³-hybridized carbons (Fsp3) is 0.514. The number of hydrogen-bond acceptors (Lipinski definition) is 9. The number of Topliss-reactive ketones (excluding diaryl/α,β-unsaturated/α-hetero) is 1. The summed E-state index contributed by atoms with van der Waals surface area (Å²) in [6.45, 7) is 38.7. The van der Waals surface area contributed by atoms with Crippen molar-refractivity contribution < 1.29 is 90.0 Å². The van der Waals surface area contributed by atoms with Gasteiger partial charge in [-0.2, -0.15) is 0 Å². The third kappa shape index (κ3) is 33.7. The molecular formula is C111H150Ir3N3O6-3. The molecule has 3 saturated carbocycles. The number of benzene rings is 6. The Bertz CT molecular complexity index is 4670. The predicted molar refractivity (Wildman–Crippen MR) is 509 cm³/mol. The minimum atomic E-state index is 0. The molecule has 6 aromatic carbocycles. The minimum Gasteiger partial charge on any atom is -0.512 e. The molecule has 3 heterocycles. The van der Waals surface area contributed by atoms with Crippen LogP contribution in [0.1, 0.15) is 307 Å². The fourth-order valence-corrected chi connectivity index (χ4v) is 18.0. The third-order valence-corrected chi connectivity index (χ3v) is 25.8. The van der Waals surface area contributed by atoms with E-state index in [0.717, 1.165) is 145 Å². The van der Waals surface area contributed by atoms with E-state index in [9.17, 15) is 29.7 Å². The zero-order chi connectivity index (χ0) is 87.4. The number of rotatable bonds is 30. The monoisotopic (exact) mass is 2200 g/mol.